The van der Waals surface area contributed by atoms with Crippen LogP contribution < -0.4 is 4.74 Å². The highest BCUT2D eigenvalue weighted by atomic mass is 35.5. The van der Waals surface area contributed by atoms with Gasteiger partial charge in [-0.15, -0.1) is 0 Å². The Labute approximate surface area is 166 Å². The number of halogens is 4. The van der Waals surface area contributed by atoms with Crippen LogP contribution in [0.15, 0.2) is 23.1 Å². The van der Waals surface area contributed by atoms with Crippen LogP contribution in [0.25, 0.3) is 0 Å². The minimum absolute atomic E-state index is 0.0557. The molecule has 1 atom stereocenters. The van der Waals surface area contributed by atoms with Crippen molar-refractivity contribution in [1.82, 2.24) is 4.90 Å². The fraction of sp³-hybridized carbons (Fsp3) is 0.588. The third-order valence-corrected chi connectivity index (χ3v) is 6.50. The molecular weight excluding hydrogens is 423 g/mol. The van der Waals surface area contributed by atoms with E-state index in [-0.39, 0.29) is 35.2 Å². The van der Waals surface area contributed by atoms with Gasteiger partial charge >= 0.3 is 12.3 Å². The summed E-state index contributed by atoms with van der Waals surface area (Å²) < 4.78 is 72.2. The number of likely N-dealkylation sites (tertiary alicyclic amines) is 1. The minimum atomic E-state index is -4.52. The lowest BCUT2D eigenvalue weighted by atomic mass is 10.2. The maximum Gasteiger partial charge on any atom is 0.422 e. The molecule has 2 rings (SSSR count). The second-order valence-electron chi connectivity index (χ2n) is 7.38. The summed E-state index contributed by atoms with van der Waals surface area (Å²) in [6, 6.07) is 3.26. The number of rotatable bonds is 4. The number of ether oxygens (including phenoxy) is 2. The summed E-state index contributed by atoms with van der Waals surface area (Å²) in [6.07, 6.45) is -4.93. The number of alkyl halides is 3. The molecule has 0 radical (unpaired) electrons. The second-order valence-corrected chi connectivity index (χ2v) is 9.98. The van der Waals surface area contributed by atoms with Gasteiger partial charge in [0.25, 0.3) is 0 Å². The molecule has 11 heteroatoms. The van der Waals surface area contributed by atoms with Gasteiger partial charge in [0.2, 0.25) is 0 Å². The Kier molecular flexibility index (Phi) is 6.44. The van der Waals surface area contributed by atoms with Gasteiger partial charge in [-0.25, -0.2) is 13.2 Å². The largest absolute Gasteiger partial charge is 0.484 e. The number of benzene rings is 1. The molecule has 0 bridgehead atoms. The van der Waals surface area contributed by atoms with Gasteiger partial charge in [0.15, 0.2) is 16.4 Å². The van der Waals surface area contributed by atoms with Gasteiger partial charge < -0.3 is 14.4 Å². The second kappa shape index (κ2) is 7.98. The molecule has 1 aromatic rings. The van der Waals surface area contributed by atoms with Gasteiger partial charge in [-0.3, -0.25) is 0 Å². The summed E-state index contributed by atoms with van der Waals surface area (Å²) >= 11 is 5.98. The van der Waals surface area contributed by atoms with Crippen LogP contribution in [0.1, 0.15) is 27.2 Å². The van der Waals surface area contributed by atoms with Crippen LogP contribution in [0.5, 0.6) is 5.75 Å². The predicted molar refractivity (Wildman–Crippen MR) is 96.4 cm³/mol. The number of amides is 1. The SMILES string of the molecule is CC(C)(C)OC(=O)N1CCC(S(=O)(=O)c2ccc(OCC(F)(F)F)cc2Cl)C1. The fourth-order valence-electron chi connectivity index (χ4n) is 2.62. The Bertz CT molecular complexity index is 836. The third kappa shape index (κ3) is 5.91. The van der Waals surface area contributed by atoms with E-state index in [2.05, 4.69) is 4.74 Å². The molecule has 1 saturated heterocycles. The molecule has 1 unspecified atom stereocenters. The van der Waals surface area contributed by atoms with Crippen LogP contribution in [0.2, 0.25) is 5.02 Å². The van der Waals surface area contributed by atoms with E-state index in [1.807, 2.05) is 0 Å². The molecule has 1 aromatic carbocycles. The summed E-state index contributed by atoms with van der Waals surface area (Å²) in [4.78, 5) is 13.2. The Morgan fingerprint density at radius 2 is 1.93 bits per heavy atom. The van der Waals surface area contributed by atoms with E-state index in [0.717, 1.165) is 18.2 Å². The topological polar surface area (TPSA) is 72.9 Å². The van der Waals surface area contributed by atoms with Crippen molar-refractivity contribution in [3.63, 3.8) is 0 Å². The van der Waals surface area contributed by atoms with Crippen molar-refractivity contribution in [1.29, 1.82) is 0 Å². The lowest BCUT2D eigenvalue weighted by Crippen LogP contribution is -2.36. The van der Waals surface area contributed by atoms with Gasteiger partial charge in [-0.1, -0.05) is 11.6 Å². The number of carbonyl (C=O) groups is 1. The first-order chi connectivity index (χ1) is 12.7. The van der Waals surface area contributed by atoms with E-state index in [0.29, 0.717) is 0 Å². The number of carbonyl (C=O) groups excluding carboxylic acids is 1. The summed E-state index contributed by atoms with van der Waals surface area (Å²) in [7, 11) is -3.90. The lowest BCUT2D eigenvalue weighted by molar-refractivity contribution is -0.153. The van der Waals surface area contributed by atoms with Crippen molar-refractivity contribution in [3.05, 3.63) is 23.2 Å². The monoisotopic (exact) mass is 443 g/mol. The van der Waals surface area contributed by atoms with Crippen LogP contribution in [0.3, 0.4) is 0 Å². The van der Waals surface area contributed by atoms with E-state index in [9.17, 15) is 26.4 Å². The number of hydrogen-bond acceptors (Lipinski definition) is 5. The quantitative estimate of drug-likeness (QED) is 0.701. The minimum Gasteiger partial charge on any atom is -0.484 e. The van der Waals surface area contributed by atoms with Gasteiger partial charge in [-0.2, -0.15) is 13.2 Å². The van der Waals surface area contributed by atoms with Crippen molar-refractivity contribution in [3.8, 4) is 5.75 Å². The standard InChI is InChI=1S/C17H21ClF3NO5S/c1-16(2,3)27-15(23)22-7-6-12(9-22)28(24,25)14-5-4-11(8-13(14)18)26-10-17(19,20)21/h4-5,8,12H,6-7,9-10H2,1-3H3. The molecular formula is C17H21ClF3NO5S. The van der Waals surface area contributed by atoms with Gasteiger partial charge in [0.1, 0.15) is 11.4 Å². The molecule has 6 nitrogen and oxygen atoms in total. The maximum absolute atomic E-state index is 12.9. The van der Waals surface area contributed by atoms with Crippen molar-refractivity contribution in [2.45, 2.75) is 49.1 Å². The molecule has 0 saturated carbocycles. The van der Waals surface area contributed by atoms with E-state index in [1.165, 1.54) is 4.90 Å². The van der Waals surface area contributed by atoms with Gasteiger partial charge in [0, 0.05) is 19.2 Å². The van der Waals surface area contributed by atoms with Crippen molar-refractivity contribution in [2.24, 2.45) is 0 Å². The van der Waals surface area contributed by atoms with Crippen molar-refractivity contribution < 1.29 is 35.9 Å². The van der Waals surface area contributed by atoms with Crippen LogP contribution in [0.4, 0.5) is 18.0 Å². The predicted octanol–water partition coefficient (Wildman–Crippen LogP) is 4.06. The van der Waals surface area contributed by atoms with E-state index in [4.69, 9.17) is 16.3 Å². The van der Waals surface area contributed by atoms with Gasteiger partial charge in [0.05, 0.1) is 15.2 Å². The summed E-state index contributed by atoms with van der Waals surface area (Å²) in [6.45, 7) is 3.76. The van der Waals surface area contributed by atoms with E-state index < -0.39 is 39.6 Å². The molecule has 1 fully saturated rings. The Hall–Kier alpha value is -1.68. The first kappa shape index (κ1) is 22.6. The van der Waals surface area contributed by atoms with Crippen LogP contribution >= 0.6 is 11.6 Å². The van der Waals surface area contributed by atoms with Crippen molar-refractivity contribution >= 4 is 27.5 Å². The van der Waals surface area contributed by atoms with Gasteiger partial charge in [-0.05, 0) is 39.3 Å². The molecule has 0 spiro atoms. The fourth-order valence-corrected chi connectivity index (χ4v) is 4.85. The average molecular weight is 444 g/mol. The molecule has 0 aliphatic carbocycles. The zero-order valence-electron chi connectivity index (χ0n) is 15.5. The zero-order valence-corrected chi connectivity index (χ0v) is 17.1. The highest BCUT2D eigenvalue weighted by Crippen LogP contribution is 2.32. The highest BCUT2D eigenvalue weighted by molar-refractivity contribution is 7.92. The summed E-state index contributed by atoms with van der Waals surface area (Å²) in [5.41, 5.74) is -0.705. The highest BCUT2D eigenvalue weighted by Gasteiger charge is 2.38. The maximum atomic E-state index is 12.9. The zero-order chi connectivity index (χ0) is 21.3. The summed E-state index contributed by atoms with van der Waals surface area (Å²) in [5.74, 6) is -0.192. The Balaban J connectivity index is 2.11. The smallest absolute Gasteiger partial charge is 0.422 e. The third-order valence-electron chi connectivity index (χ3n) is 3.85. The summed E-state index contributed by atoms with van der Waals surface area (Å²) in [5, 5.41) is -1.13. The molecule has 0 aromatic heterocycles. The lowest BCUT2D eigenvalue weighted by Gasteiger charge is -2.24. The molecule has 28 heavy (non-hydrogen) atoms. The van der Waals surface area contributed by atoms with E-state index in [1.54, 1.807) is 20.8 Å². The Morgan fingerprint density at radius 3 is 2.46 bits per heavy atom. The van der Waals surface area contributed by atoms with Crippen LogP contribution in [-0.2, 0) is 14.6 Å². The Morgan fingerprint density at radius 1 is 1.29 bits per heavy atom. The van der Waals surface area contributed by atoms with Crippen LogP contribution in [-0.4, -0.2) is 56.1 Å². The molecule has 158 valence electrons. The molecule has 1 heterocycles. The first-order valence-corrected chi connectivity index (χ1v) is 10.3. The number of hydrogen-bond donors (Lipinski definition) is 0. The van der Waals surface area contributed by atoms with Crippen molar-refractivity contribution in [2.75, 3.05) is 19.7 Å². The average Bonchev–Trinajstić information content (AvgIpc) is 3.01. The number of sulfone groups is 1. The molecule has 0 N–H and O–H groups in total. The molecule has 1 aliphatic rings. The normalized spacial score (nSPS) is 18.2. The van der Waals surface area contributed by atoms with E-state index >= 15 is 0 Å². The molecule has 1 amide bonds. The number of nitrogens with zero attached hydrogens (tertiary/aromatic N) is 1. The van der Waals surface area contributed by atoms with Crippen LogP contribution in [0, 0.1) is 0 Å². The first-order valence-electron chi connectivity index (χ1n) is 8.40. The molecule has 1 aliphatic heterocycles.